The number of nitrogens with zero attached hydrogens (tertiary/aromatic N) is 1. The zero-order chi connectivity index (χ0) is 20.3. The molecule has 1 heterocycles. The molecular weight excluding hydrogens is 362 g/mol. The fourth-order valence-electron chi connectivity index (χ4n) is 3.20. The average Bonchev–Trinajstić information content (AvgIpc) is 2.93. The molecule has 0 radical (unpaired) electrons. The lowest BCUT2D eigenvalue weighted by molar-refractivity contribution is -0.153. The number of fused-ring (bicyclic) bond motifs is 1. The molecule has 1 aliphatic heterocycles. The van der Waals surface area contributed by atoms with E-state index >= 15 is 0 Å². The van der Waals surface area contributed by atoms with Crippen LogP contribution in [0.25, 0.3) is 0 Å². The van der Waals surface area contributed by atoms with Crippen LogP contribution in [0.3, 0.4) is 0 Å². The molecule has 0 N–H and O–H groups in total. The minimum atomic E-state index is -1.01. The molecule has 0 saturated heterocycles. The minimum Gasteiger partial charge on any atom is -0.463 e. The summed E-state index contributed by atoms with van der Waals surface area (Å²) in [5, 5.41) is 0. The second-order valence-corrected chi connectivity index (χ2v) is 6.34. The van der Waals surface area contributed by atoms with E-state index in [9.17, 15) is 19.2 Å². The molecule has 2 aromatic carbocycles. The highest BCUT2D eigenvalue weighted by Gasteiger charge is 2.44. The van der Waals surface area contributed by atoms with E-state index in [0.717, 1.165) is 4.90 Å². The van der Waals surface area contributed by atoms with Crippen molar-refractivity contribution < 1.29 is 28.7 Å². The van der Waals surface area contributed by atoms with E-state index in [1.165, 1.54) is 13.8 Å². The number of hydrogen-bond acceptors (Lipinski definition) is 6. The van der Waals surface area contributed by atoms with Crippen molar-refractivity contribution in [3.05, 3.63) is 71.3 Å². The Morgan fingerprint density at radius 2 is 1.39 bits per heavy atom. The Kier molecular flexibility index (Phi) is 5.54. The largest absolute Gasteiger partial charge is 0.463 e. The van der Waals surface area contributed by atoms with E-state index in [-0.39, 0.29) is 17.7 Å². The monoisotopic (exact) mass is 381 g/mol. The zero-order valence-corrected chi connectivity index (χ0v) is 15.5. The number of carbonyl (C=O) groups is 4. The molecule has 0 aliphatic carbocycles. The second-order valence-electron chi connectivity index (χ2n) is 6.34. The molecule has 7 heteroatoms. The smallest absolute Gasteiger partial charge is 0.303 e. The molecule has 7 nitrogen and oxygen atoms in total. The predicted octanol–water partition coefficient (Wildman–Crippen LogP) is 2.52. The SMILES string of the molecule is CC(=O)OC[C@H]([C@H](OC(C)=O)c1ccccc1)N1C(=O)c2ccccc2C1=O. The Morgan fingerprint density at radius 1 is 0.857 bits per heavy atom. The molecule has 28 heavy (non-hydrogen) atoms. The van der Waals surface area contributed by atoms with E-state index in [0.29, 0.717) is 5.56 Å². The highest BCUT2D eigenvalue weighted by Crippen LogP contribution is 2.32. The maximum atomic E-state index is 12.9. The van der Waals surface area contributed by atoms with Crippen LogP contribution in [0.15, 0.2) is 54.6 Å². The third-order valence-electron chi connectivity index (χ3n) is 4.38. The molecule has 2 aromatic rings. The number of carbonyl (C=O) groups excluding carboxylic acids is 4. The van der Waals surface area contributed by atoms with E-state index < -0.39 is 35.9 Å². The van der Waals surface area contributed by atoms with Gasteiger partial charge in [0.2, 0.25) is 0 Å². The predicted molar refractivity (Wildman–Crippen MR) is 98.3 cm³/mol. The maximum absolute atomic E-state index is 12.9. The molecule has 1 aliphatic rings. The van der Waals surface area contributed by atoms with Gasteiger partial charge in [0, 0.05) is 13.8 Å². The van der Waals surface area contributed by atoms with Gasteiger partial charge in [0.1, 0.15) is 12.6 Å². The molecule has 0 bridgehead atoms. The summed E-state index contributed by atoms with van der Waals surface area (Å²) in [5.74, 6) is -2.20. The van der Waals surface area contributed by atoms with Crippen LogP contribution in [0.4, 0.5) is 0 Å². The quantitative estimate of drug-likeness (QED) is 0.564. The summed E-state index contributed by atoms with van der Waals surface area (Å²) in [5.41, 5.74) is 1.09. The fraction of sp³-hybridized carbons (Fsp3) is 0.238. The second kappa shape index (κ2) is 8.04. The van der Waals surface area contributed by atoms with Gasteiger partial charge in [-0.05, 0) is 17.7 Å². The van der Waals surface area contributed by atoms with Crippen LogP contribution in [-0.2, 0) is 19.1 Å². The Labute approximate surface area is 161 Å². The van der Waals surface area contributed by atoms with Crippen molar-refractivity contribution >= 4 is 23.8 Å². The first kappa shape index (κ1) is 19.3. The summed E-state index contributed by atoms with van der Waals surface area (Å²) in [6, 6.07) is 14.1. The number of amides is 2. The first-order valence-electron chi connectivity index (χ1n) is 8.72. The highest BCUT2D eigenvalue weighted by molar-refractivity contribution is 6.21. The third kappa shape index (κ3) is 3.78. The first-order valence-corrected chi connectivity index (χ1v) is 8.72. The van der Waals surface area contributed by atoms with Crippen molar-refractivity contribution in [2.75, 3.05) is 6.61 Å². The van der Waals surface area contributed by atoms with Crippen LogP contribution in [0.2, 0.25) is 0 Å². The van der Waals surface area contributed by atoms with Crippen molar-refractivity contribution in [1.82, 2.24) is 4.90 Å². The Hall–Kier alpha value is -3.48. The number of ether oxygens (including phenoxy) is 2. The number of imide groups is 1. The lowest BCUT2D eigenvalue weighted by Gasteiger charge is -2.32. The van der Waals surface area contributed by atoms with Gasteiger partial charge in [-0.2, -0.15) is 0 Å². The molecule has 0 spiro atoms. The van der Waals surface area contributed by atoms with Crippen molar-refractivity contribution in [3.63, 3.8) is 0 Å². The summed E-state index contributed by atoms with van der Waals surface area (Å²) in [6.07, 6.45) is -0.986. The zero-order valence-electron chi connectivity index (χ0n) is 15.5. The van der Waals surface area contributed by atoms with Gasteiger partial charge in [-0.25, -0.2) is 0 Å². The number of rotatable bonds is 6. The van der Waals surface area contributed by atoms with Gasteiger partial charge >= 0.3 is 11.9 Å². The van der Waals surface area contributed by atoms with E-state index in [4.69, 9.17) is 9.47 Å². The molecule has 2 atom stereocenters. The van der Waals surface area contributed by atoms with Gasteiger partial charge in [0.15, 0.2) is 6.10 Å². The Morgan fingerprint density at radius 3 is 1.89 bits per heavy atom. The Balaban J connectivity index is 2.05. The van der Waals surface area contributed by atoms with Crippen molar-refractivity contribution in [3.8, 4) is 0 Å². The van der Waals surface area contributed by atoms with Crippen molar-refractivity contribution in [2.45, 2.75) is 26.0 Å². The topological polar surface area (TPSA) is 90.0 Å². The normalized spacial score (nSPS) is 15.0. The van der Waals surface area contributed by atoms with Crippen LogP contribution >= 0.6 is 0 Å². The third-order valence-corrected chi connectivity index (χ3v) is 4.38. The van der Waals surface area contributed by atoms with Gasteiger partial charge in [-0.15, -0.1) is 0 Å². The standard InChI is InChI=1S/C21H19NO6/c1-13(23)27-12-18(19(28-14(2)24)15-8-4-3-5-9-15)22-20(25)16-10-6-7-11-17(16)21(22)26/h3-11,18-19H,12H2,1-2H3/t18-,19-/m1/s1. The molecule has 0 fully saturated rings. The molecule has 144 valence electrons. The minimum absolute atomic E-state index is 0.259. The fourth-order valence-corrected chi connectivity index (χ4v) is 3.20. The summed E-state index contributed by atoms with van der Waals surface area (Å²) in [6.45, 7) is 2.16. The maximum Gasteiger partial charge on any atom is 0.303 e. The van der Waals surface area contributed by atoms with Gasteiger partial charge in [0.25, 0.3) is 11.8 Å². The molecule has 2 amide bonds. The number of hydrogen-bond donors (Lipinski definition) is 0. The summed E-state index contributed by atoms with van der Waals surface area (Å²) < 4.78 is 10.6. The van der Waals surface area contributed by atoms with Crippen LogP contribution in [0.5, 0.6) is 0 Å². The van der Waals surface area contributed by atoms with Gasteiger partial charge in [0.05, 0.1) is 11.1 Å². The van der Waals surface area contributed by atoms with Gasteiger partial charge in [-0.1, -0.05) is 42.5 Å². The van der Waals surface area contributed by atoms with E-state index in [1.54, 1.807) is 54.6 Å². The van der Waals surface area contributed by atoms with E-state index in [2.05, 4.69) is 0 Å². The lowest BCUT2D eigenvalue weighted by atomic mass is 10.0. The van der Waals surface area contributed by atoms with E-state index in [1.807, 2.05) is 0 Å². The van der Waals surface area contributed by atoms with Crippen molar-refractivity contribution in [2.24, 2.45) is 0 Å². The highest BCUT2D eigenvalue weighted by atomic mass is 16.6. The molecule has 3 rings (SSSR count). The Bertz CT molecular complexity index is 889. The van der Waals surface area contributed by atoms with Crippen LogP contribution in [0.1, 0.15) is 46.2 Å². The average molecular weight is 381 g/mol. The summed E-state index contributed by atoms with van der Waals surface area (Å²) in [4.78, 5) is 50.0. The first-order chi connectivity index (χ1) is 13.4. The molecule has 0 unspecified atom stereocenters. The lowest BCUT2D eigenvalue weighted by Crippen LogP contribution is -2.47. The summed E-state index contributed by atoms with van der Waals surface area (Å²) in [7, 11) is 0. The van der Waals surface area contributed by atoms with Crippen LogP contribution < -0.4 is 0 Å². The molecule has 0 saturated carbocycles. The molecule has 0 aromatic heterocycles. The number of esters is 2. The van der Waals surface area contributed by atoms with Gasteiger partial charge in [-0.3, -0.25) is 24.1 Å². The number of benzene rings is 2. The molecular formula is C21H19NO6. The van der Waals surface area contributed by atoms with Crippen LogP contribution in [0, 0.1) is 0 Å². The van der Waals surface area contributed by atoms with Crippen molar-refractivity contribution in [1.29, 1.82) is 0 Å². The van der Waals surface area contributed by atoms with Crippen LogP contribution in [-0.4, -0.2) is 41.3 Å². The van der Waals surface area contributed by atoms with Gasteiger partial charge < -0.3 is 9.47 Å². The summed E-state index contributed by atoms with van der Waals surface area (Å²) >= 11 is 0.